The van der Waals surface area contributed by atoms with E-state index in [1.807, 2.05) is 6.92 Å². The third-order valence-electron chi connectivity index (χ3n) is 10.5. The van der Waals surface area contributed by atoms with E-state index in [9.17, 15) is 37.8 Å². The van der Waals surface area contributed by atoms with Crippen molar-refractivity contribution in [2.45, 2.75) is 26.1 Å². The van der Waals surface area contributed by atoms with Crippen molar-refractivity contribution in [3.63, 3.8) is 0 Å². The van der Waals surface area contributed by atoms with Crippen molar-refractivity contribution >= 4 is 63.2 Å². The molecule has 0 unspecified atom stereocenters. The maximum Gasteiger partial charge on any atom is 0.416 e. The summed E-state index contributed by atoms with van der Waals surface area (Å²) in [6, 6.07) is 28.6. The van der Waals surface area contributed by atoms with Gasteiger partial charge in [-0.15, -0.1) is 0 Å². The number of nitrogens with one attached hydrogen (secondary N) is 3. The molecule has 3 aliphatic rings. The summed E-state index contributed by atoms with van der Waals surface area (Å²) >= 11 is 5.54. The van der Waals surface area contributed by atoms with Crippen molar-refractivity contribution in [3.8, 4) is 39.5 Å². The van der Waals surface area contributed by atoms with Gasteiger partial charge in [-0.25, -0.2) is 14.6 Å². The van der Waals surface area contributed by atoms with E-state index in [-0.39, 0.29) is 38.8 Å². The Morgan fingerprint density at radius 2 is 1.65 bits per heavy atom. The van der Waals surface area contributed by atoms with Crippen LogP contribution in [-0.2, 0) is 12.7 Å². The number of hydrogen-bond donors (Lipinski definition) is 5. The molecular formula is C46H37F3N6O6S. The van der Waals surface area contributed by atoms with E-state index < -0.39 is 23.7 Å². The predicted octanol–water partition coefficient (Wildman–Crippen LogP) is 9.80. The summed E-state index contributed by atoms with van der Waals surface area (Å²) in [5.74, 6) is -0.667. The normalized spacial score (nSPS) is 12.8. The molecule has 0 bridgehead atoms. The Balaban J connectivity index is 0.950. The van der Waals surface area contributed by atoms with Crippen LogP contribution >= 0.6 is 12.2 Å². The average molecular weight is 859 g/mol. The van der Waals surface area contributed by atoms with E-state index in [2.05, 4.69) is 20.9 Å². The first-order chi connectivity index (χ1) is 29.7. The largest absolute Gasteiger partial charge is 0.508 e. The molecule has 8 rings (SSSR count). The molecule has 0 radical (unpaired) electrons. The molecule has 0 atom stereocenters. The van der Waals surface area contributed by atoms with Crippen LogP contribution in [0, 0.1) is 0 Å². The fourth-order valence-corrected chi connectivity index (χ4v) is 7.69. The fourth-order valence-electron chi connectivity index (χ4n) is 7.50. The van der Waals surface area contributed by atoms with Crippen LogP contribution in [0.5, 0.6) is 5.75 Å². The number of anilines is 4. The predicted molar refractivity (Wildman–Crippen MR) is 236 cm³/mol. The van der Waals surface area contributed by atoms with Crippen molar-refractivity contribution in [1.29, 1.82) is 0 Å². The number of phenols is 1. The van der Waals surface area contributed by atoms with Gasteiger partial charge < -0.3 is 35.5 Å². The van der Waals surface area contributed by atoms with Gasteiger partial charge in [-0.05, 0) is 109 Å². The van der Waals surface area contributed by atoms with Gasteiger partial charge in [-0.1, -0.05) is 30.3 Å². The molecule has 3 heterocycles. The first-order valence-electron chi connectivity index (χ1n) is 19.5. The van der Waals surface area contributed by atoms with Crippen LogP contribution in [0.3, 0.4) is 0 Å². The van der Waals surface area contributed by atoms with Gasteiger partial charge in [0.2, 0.25) is 0 Å². The molecule has 5 aromatic rings. The molecule has 4 aromatic carbocycles. The second-order valence-corrected chi connectivity index (χ2v) is 14.9. The summed E-state index contributed by atoms with van der Waals surface area (Å²) in [5.41, 5.74) is 3.58. The first-order valence-corrected chi connectivity index (χ1v) is 19.9. The fraction of sp³-hybridized carbons (Fsp3) is 0.152. The topological polar surface area (TPSA) is 160 Å². The van der Waals surface area contributed by atoms with Crippen LogP contribution in [0.4, 0.5) is 40.8 Å². The number of hydrogen-bond acceptors (Lipinski definition) is 8. The second-order valence-electron chi connectivity index (χ2n) is 14.5. The number of aromatic carboxylic acids is 1. The number of thiocarbonyl (C=S) groups is 1. The van der Waals surface area contributed by atoms with Gasteiger partial charge in [0, 0.05) is 71.8 Å². The molecule has 2 aliphatic heterocycles. The van der Waals surface area contributed by atoms with Crippen molar-refractivity contribution in [2.24, 2.45) is 0 Å². The zero-order chi connectivity index (χ0) is 43.7. The number of rotatable bonds is 8. The van der Waals surface area contributed by atoms with E-state index in [1.54, 1.807) is 66.7 Å². The minimum absolute atomic E-state index is 0.0400. The highest BCUT2D eigenvalue weighted by Crippen LogP contribution is 2.43. The van der Waals surface area contributed by atoms with E-state index >= 15 is 0 Å². The van der Waals surface area contributed by atoms with Gasteiger partial charge in [-0.3, -0.25) is 9.69 Å². The van der Waals surface area contributed by atoms with Crippen LogP contribution in [0.2, 0.25) is 0 Å². The van der Waals surface area contributed by atoms with Gasteiger partial charge in [0.25, 0.3) is 0 Å². The molecule has 1 aromatic heterocycles. The Hall–Kier alpha value is -7.46. The SMILES string of the molecule is CCN1CCCN(C(=O)Nc2ccc(CNC(=S)Nc3ccc(-c4c5ccc(=O)cc-5oc5cc(O)ccc45)c(C(=O)O)c3)cc2)c2nc(-c3cccc(C(F)(F)F)c3)ccc21. The Kier molecular flexibility index (Phi) is 11.2. The number of amides is 2. The molecule has 0 fully saturated rings. The summed E-state index contributed by atoms with van der Waals surface area (Å²) < 4.78 is 46.4. The lowest BCUT2D eigenvalue weighted by atomic mass is 9.90. The highest BCUT2D eigenvalue weighted by atomic mass is 32.1. The van der Waals surface area contributed by atoms with E-state index in [1.165, 1.54) is 41.3 Å². The van der Waals surface area contributed by atoms with Gasteiger partial charge >= 0.3 is 18.2 Å². The number of urea groups is 1. The van der Waals surface area contributed by atoms with Crippen LogP contribution in [0.25, 0.3) is 44.7 Å². The molecule has 1 aliphatic carbocycles. The maximum absolute atomic E-state index is 13.8. The Labute approximate surface area is 357 Å². The number of alkyl halides is 3. The molecule has 62 heavy (non-hydrogen) atoms. The number of fused-ring (bicyclic) bond motifs is 3. The molecule has 2 amide bonds. The van der Waals surface area contributed by atoms with Crippen LogP contribution in [-0.4, -0.2) is 51.9 Å². The lowest BCUT2D eigenvalue weighted by molar-refractivity contribution is -0.137. The maximum atomic E-state index is 13.8. The Bertz CT molecular complexity index is 2900. The number of pyridine rings is 1. The average Bonchev–Trinajstić information content (AvgIpc) is 3.44. The molecule has 0 saturated heterocycles. The number of carboxylic acids is 1. The molecule has 0 spiro atoms. The summed E-state index contributed by atoms with van der Waals surface area (Å²) in [7, 11) is 0. The number of aromatic nitrogens is 1. The number of nitrogens with zero attached hydrogens (tertiary/aromatic N) is 3. The number of carbonyl (C=O) groups excluding carboxylic acids is 1. The number of carbonyl (C=O) groups is 2. The summed E-state index contributed by atoms with van der Waals surface area (Å²) in [6.45, 7) is 3.93. The number of aromatic hydroxyl groups is 1. The van der Waals surface area contributed by atoms with Crippen LogP contribution in [0.15, 0.2) is 124 Å². The number of carboxylic acid groups (broad SMARTS) is 1. The lowest BCUT2D eigenvalue weighted by Gasteiger charge is -2.25. The molecule has 12 nitrogen and oxygen atoms in total. The zero-order valence-corrected chi connectivity index (χ0v) is 33.7. The van der Waals surface area contributed by atoms with Crippen LogP contribution in [0.1, 0.15) is 34.8 Å². The van der Waals surface area contributed by atoms with Gasteiger partial charge in [0.15, 0.2) is 16.4 Å². The van der Waals surface area contributed by atoms with Crippen molar-refractivity contribution in [2.75, 3.05) is 40.1 Å². The quantitative estimate of drug-likeness (QED) is 0.0731. The van der Waals surface area contributed by atoms with Gasteiger partial charge in [-0.2, -0.15) is 13.2 Å². The van der Waals surface area contributed by atoms with Gasteiger partial charge in [0.05, 0.1) is 22.5 Å². The number of phenolic OH excluding ortho intramolecular Hbond substituents is 1. The lowest BCUT2D eigenvalue weighted by Crippen LogP contribution is -2.36. The van der Waals surface area contributed by atoms with Gasteiger partial charge in [0.1, 0.15) is 17.1 Å². The molecule has 0 saturated carbocycles. The van der Waals surface area contributed by atoms with Crippen LogP contribution < -0.4 is 31.2 Å². The molecule has 5 N–H and O–H groups in total. The summed E-state index contributed by atoms with van der Waals surface area (Å²) in [4.78, 5) is 46.9. The van der Waals surface area contributed by atoms with E-state index in [0.29, 0.717) is 83.3 Å². The molecule has 314 valence electrons. The minimum Gasteiger partial charge on any atom is -0.508 e. The monoisotopic (exact) mass is 858 g/mol. The third kappa shape index (κ3) is 8.58. The number of halogens is 3. The second kappa shape index (κ2) is 16.9. The zero-order valence-electron chi connectivity index (χ0n) is 32.9. The van der Waals surface area contributed by atoms with Crippen molar-refractivity contribution in [1.82, 2.24) is 10.3 Å². The summed E-state index contributed by atoms with van der Waals surface area (Å²) in [6.07, 6.45) is -3.87. The van der Waals surface area contributed by atoms with Crippen molar-refractivity contribution in [3.05, 3.63) is 142 Å². The minimum atomic E-state index is -4.52. The summed E-state index contributed by atoms with van der Waals surface area (Å²) in [5, 5.41) is 30.3. The smallest absolute Gasteiger partial charge is 0.416 e. The first kappa shape index (κ1) is 41.3. The molecular weight excluding hydrogens is 822 g/mol. The Morgan fingerprint density at radius 1 is 0.871 bits per heavy atom. The third-order valence-corrected chi connectivity index (χ3v) is 10.7. The highest BCUT2D eigenvalue weighted by Gasteiger charge is 2.31. The molecule has 16 heteroatoms. The van der Waals surface area contributed by atoms with Crippen molar-refractivity contribution < 1.29 is 37.4 Å². The van der Waals surface area contributed by atoms with E-state index in [0.717, 1.165) is 17.7 Å². The van der Waals surface area contributed by atoms with E-state index in [4.69, 9.17) is 21.6 Å². The standard InChI is InChI=1S/C46H37F3N6O6S/c1-2-54-19-4-20-55(42-38(54)18-17-37(53-42)27-5-3-6-28(21-27)46(47,48)49)45(60)52-29-9-7-26(8-10-29)25-50-44(62)51-30-11-14-33(36(22-30)43(58)59)41-34-15-12-31(56)23-39(34)61-40-24-32(57)13-16-35(40)41/h3,5-18,21-24,56H,2,4,19-20,25H2,1H3,(H,52,60)(H,58,59)(H2,50,51,62). The highest BCUT2D eigenvalue weighted by molar-refractivity contribution is 7.80. The number of benzene rings is 5. The Morgan fingerprint density at radius 3 is 2.40 bits per heavy atom.